The molecule has 6 saturated carbocycles. The van der Waals surface area contributed by atoms with E-state index in [2.05, 4.69) is 27.4 Å². The van der Waals surface area contributed by atoms with Crippen LogP contribution in [-0.4, -0.2) is 18.8 Å². The maximum absolute atomic E-state index is 12.8. The Bertz CT molecular complexity index is 1230. The number of halogens is 5. The molecule has 64 heavy (non-hydrogen) atoms. The first kappa shape index (κ1) is 54.9. The van der Waals surface area contributed by atoms with Crippen LogP contribution in [0.2, 0.25) is 0 Å². The zero-order chi connectivity index (χ0) is 45.9. The summed E-state index contributed by atoms with van der Waals surface area (Å²) in [4.78, 5) is 0. The molecule has 0 aliphatic heterocycles. The molecule has 3 nitrogen and oxygen atoms in total. The van der Waals surface area contributed by atoms with Crippen LogP contribution in [0.1, 0.15) is 239 Å². The van der Waals surface area contributed by atoms with E-state index in [1.807, 2.05) is 0 Å². The third-order valence-electron chi connectivity index (χ3n) is 17.4. The second kappa shape index (κ2) is 32.1. The van der Waals surface area contributed by atoms with E-state index in [1.54, 1.807) is 6.26 Å². The van der Waals surface area contributed by atoms with Crippen LogP contribution in [0.5, 0.6) is 0 Å². The zero-order valence-corrected chi connectivity index (χ0v) is 41.2. The highest BCUT2D eigenvalue weighted by molar-refractivity contribution is 4.88. The Morgan fingerprint density at radius 2 is 0.797 bits per heavy atom. The molecule has 0 N–H and O–H groups in total. The van der Waals surface area contributed by atoms with Crippen LogP contribution in [0.3, 0.4) is 0 Å². The molecule has 0 amide bonds. The lowest BCUT2D eigenvalue weighted by Crippen LogP contribution is -2.28. The first-order valence-electron chi connectivity index (χ1n) is 27.4. The standard InChI is InChI=1S/C20H36O.C19H32F2O.C17H27F3O/c1-3-5-6-7-17-8-12-19(13-9-17)20-14-10-18(11-15-20)16-21-4-2;1-2-3-4-5-15-6-8-16(9-7-15)17-10-12-18(13-11-17)22-14-19(20)21;1-2-3-12-4-6-13(7-5-12)14-8-10-15(11-9-14)21-17(20)16(18)19/h4,17-20H,2-3,5-16H2,1H3;14-18H,2-13H2,1H3;12-15H,2-11H2,1H3. The van der Waals surface area contributed by atoms with E-state index in [1.165, 1.54) is 167 Å². The quantitative estimate of drug-likeness (QED) is 0.0692. The van der Waals surface area contributed by atoms with Gasteiger partial charge in [0.05, 0.1) is 19.0 Å². The van der Waals surface area contributed by atoms with E-state index in [9.17, 15) is 22.0 Å². The maximum atomic E-state index is 12.8. The first-order chi connectivity index (χ1) is 31.1. The summed E-state index contributed by atoms with van der Waals surface area (Å²) in [5, 5.41) is 0. The van der Waals surface area contributed by atoms with Crippen molar-refractivity contribution in [3.05, 3.63) is 37.3 Å². The van der Waals surface area contributed by atoms with Gasteiger partial charge in [-0.1, -0.05) is 130 Å². The monoisotopic (exact) mass is 911 g/mol. The lowest BCUT2D eigenvalue weighted by atomic mass is 9.69. The Kier molecular flexibility index (Phi) is 27.5. The molecule has 372 valence electrons. The average molecular weight is 911 g/mol. The molecule has 0 radical (unpaired) electrons. The fraction of sp³-hybridized carbons (Fsp3) is 0.893. The van der Waals surface area contributed by atoms with Gasteiger partial charge in [-0.2, -0.15) is 22.0 Å². The van der Waals surface area contributed by atoms with Crippen molar-refractivity contribution >= 4 is 0 Å². The van der Waals surface area contributed by atoms with Crippen molar-refractivity contribution in [1.82, 2.24) is 0 Å². The highest BCUT2D eigenvalue weighted by Gasteiger charge is 2.34. The SMILES string of the molecule is C=COCC1CCC(C2CCC(CCCCC)CC2)CC1.CCCC1CCC(C2CCC(OC(F)=C(F)F)CC2)CC1.CCCCCC1CCC(C2CCC(OC=C(F)F)CC2)CC1. The normalized spacial score (nSPS) is 33.2. The van der Waals surface area contributed by atoms with Crippen molar-refractivity contribution in [3.63, 3.8) is 0 Å². The van der Waals surface area contributed by atoms with Crippen molar-refractivity contribution in [3.8, 4) is 0 Å². The van der Waals surface area contributed by atoms with Crippen molar-refractivity contribution in [2.45, 2.75) is 251 Å². The van der Waals surface area contributed by atoms with Crippen molar-refractivity contribution in [2.24, 2.45) is 59.2 Å². The molecule has 0 heterocycles. The molecule has 0 spiro atoms. The number of unbranched alkanes of at least 4 members (excludes halogenated alkanes) is 4. The predicted octanol–water partition coefficient (Wildman–Crippen LogP) is 19.2. The zero-order valence-electron chi connectivity index (χ0n) is 41.2. The fourth-order valence-corrected chi connectivity index (χ4v) is 13.4. The third kappa shape index (κ3) is 21.1. The lowest BCUT2D eigenvalue weighted by Gasteiger charge is -2.37. The van der Waals surface area contributed by atoms with E-state index in [0.29, 0.717) is 25.0 Å². The Balaban J connectivity index is 0.000000210. The molecule has 6 fully saturated rings. The molecule has 8 heteroatoms. The average Bonchev–Trinajstić information content (AvgIpc) is 3.32. The minimum Gasteiger partial charge on any atom is -0.502 e. The van der Waals surface area contributed by atoms with Gasteiger partial charge in [0.25, 0.3) is 0 Å². The summed E-state index contributed by atoms with van der Waals surface area (Å²) in [5.41, 5.74) is 0. The summed E-state index contributed by atoms with van der Waals surface area (Å²) in [6.07, 6.45) is 42.1. The van der Waals surface area contributed by atoms with Gasteiger partial charge in [0, 0.05) is 0 Å². The van der Waals surface area contributed by atoms with E-state index in [0.717, 1.165) is 98.4 Å². The minimum absolute atomic E-state index is 0.0168. The summed E-state index contributed by atoms with van der Waals surface area (Å²) in [6.45, 7) is 11.4. The van der Waals surface area contributed by atoms with Gasteiger partial charge in [0.15, 0.2) is 0 Å². The summed E-state index contributed by atoms with van der Waals surface area (Å²) < 4.78 is 76.1. The molecular formula is C56H95F5O3. The number of hydrogen-bond donors (Lipinski definition) is 0. The minimum atomic E-state index is -2.34. The van der Waals surface area contributed by atoms with Crippen LogP contribution >= 0.6 is 0 Å². The van der Waals surface area contributed by atoms with Crippen molar-refractivity contribution < 1.29 is 36.2 Å². The largest absolute Gasteiger partial charge is 0.502 e. The Hall–Kier alpha value is -1.73. The van der Waals surface area contributed by atoms with Gasteiger partial charge in [-0.15, -0.1) is 0 Å². The first-order valence-corrected chi connectivity index (χ1v) is 27.4. The fourth-order valence-electron chi connectivity index (χ4n) is 13.4. The van der Waals surface area contributed by atoms with Gasteiger partial charge < -0.3 is 14.2 Å². The Morgan fingerprint density at radius 3 is 1.14 bits per heavy atom. The van der Waals surface area contributed by atoms with E-state index in [4.69, 9.17) is 14.2 Å². The van der Waals surface area contributed by atoms with Crippen LogP contribution in [0.15, 0.2) is 37.3 Å². The maximum Gasteiger partial charge on any atom is 0.342 e. The van der Waals surface area contributed by atoms with Gasteiger partial charge in [0.2, 0.25) is 0 Å². The lowest BCUT2D eigenvalue weighted by molar-refractivity contribution is 0.00988. The van der Waals surface area contributed by atoms with Gasteiger partial charge in [0.1, 0.15) is 12.4 Å². The van der Waals surface area contributed by atoms with Gasteiger partial charge in [-0.05, 0) is 175 Å². The van der Waals surface area contributed by atoms with Crippen LogP contribution in [0.4, 0.5) is 22.0 Å². The highest BCUT2D eigenvalue weighted by Crippen LogP contribution is 2.45. The van der Waals surface area contributed by atoms with E-state index in [-0.39, 0.29) is 12.2 Å². The van der Waals surface area contributed by atoms with Gasteiger partial charge >= 0.3 is 18.2 Å². The number of hydrogen-bond acceptors (Lipinski definition) is 3. The summed E-state index contributed by atoms with van der Waals surface area (Å²) in [5.74, 6) is 9.00. The number of rotatable bonds is 20. The number of ether oxygens (including phenoxy) is 3. The summed E-state index contributed by atoms with van der Waals surface area (Å²) in [7, 11) is 0. The molecular weight excluding hydrogens is 816 g/mol. The second-order valence-electron chi connectivity index (χ2n) is 21.7. The van der Waals surface area contributed by atoms with E-state index < -0.39 is 18.2 Å². The predicted molar refractivity (Wildman–Crippen MR) is 255 cm³/mol. The second-order valence-corrected chi connectivity index (χ2v) is 21.7. The molecule has 0 saturated heterocycles. The van der Waals surface area contributed by atoms with Crippen LogP contribution in [-0.2, 0) is 14.2 Å². The molecule has 6 rings (SSSR count). The molecule has 0 unspecified atom stereocenters. The molecule has 0 bridgehead atoms. The Labute approximate surface area is 389 Å². The van der Waals surface area contributed by atoms with Crippen molar-refractivity contribution in [2.75, 3.05) is 6.61 Å². The van der Waals surface area contributed by atoms with E-state index >= 15 is 0 Å². The smallest absolute Gasteiger partial charge is 0.342 e. The molecule has 0 atom stereocenters. The van der Waals surface area contributed by atoms with Crippen LogP contribution in [0.25, 0.3) is 0 Å². The van der Waals surface area contributed by atoms with Crippen molar-refractivity contribution in [1.29, 1.82) is 0 Å². The summed E-state index contributed by atoms with van der Waals surface area (Å²) in [6, 6.07) is -1.68. The summed E-state index contributed by atoms with van der Waals surface area (Å²) >= 11 is 0. The third-order valence-corrected chi connectivity index (χ3v) is 17.4. The topological polar surface area (TPSA) is 27.7 Å². The highest BCUT2D eigenvalue weighted by atomic mass is 19.3. The molecule has 0 aromatic carbocycles. The van der Waals surface area contributed by atoms with Crippen LogP contribution < -0.4 is 0 Å². The Morgan fingerprint density at radius 1 is 0.438 bits per heavy atom. The molecule has 0 aromatic rings. The molecule has 6 aliphatic rings. The van der Waals surface area contributed by atoms with Gasteiger partial charge in [-0.25, -0.2) is 0 Å². The van der Waals surface area contributed by atoms with Crippen LogP contribution in [0, 0.1) is 59.2 Å². The van der Waals surface area contributed by atoms with Gasteiger partial charge in [-0.3, -0.25) is 0 Å². The molecule has 0 aromatic heterocycles. The molecule has 6 aliphatic carbocycles.